The molecule has 1 aromatic heterocycles. The number of aromatic nitrogens is 1. The molecule has 1 amide bonds. The summed E-state index contributed by atoms with van der Waals surface area (Å²) < 4.78 is 26.0. The van der Waals surface area contributed by atoms with Crippen LogP contribution in [0.3, 0.4) is 0 Å². The molecule has 0 bridgehead atoms. The normalized spacial score (nSPS) is 20.0. The van der Waals surface area contributed by atoms with Crippen molar-refractivity contribution in [2.75, 3.05) is 20.1 Å². The van der Waals surface area contributed by atoms with Gasteiger partial charge in [0.2, 0.25) is 10.0 Å². The van der Waals surface area contributed by atoms with E-state index < -0.39 is 16.1 Å². The van der Waals surface area contributed by atoms with Crippen LogP contribution in [0.2, 0.25) is 5.15 Å². The molecule has 2 heterocycles. The summed E-state index contributed by atoms with van der Waals surface area (Å²) in [5.74, 6) is 0. The number of nitrogens with zero attached hydrogens (tertiary/aromatic N) is 3. The van der Waals surface area contributed by atoms with Crippen molar-refractivity contribution < 1.29 is 18.3 Å². The molecule has 0 saturated carbocycles. The number of rotatable bonds is 3. The van der Waals surface area contributed by atoms with Gasteiger partial charge in [0, 0.05) is 32.4 Å². The summed E-state index contributed by atoms with van der Waals surface area (Å²) in [5.41, 5.74) is 0. The van der Waals surface area contributed by atoms with Crippen molar-refractivity contribution in [2.24, 2.45) is 0 Å². The molecule has 0 radical (unpaired) electrons. The van der Waals surface area contributed by atoms with Gasteiger partial charge in [0.1, 0.15) is 10.0 Å². The van der Waals surface area contributed by atoms with Crippen molar-refractivity contribution in [3.05, 3.63) is 23.5 Å². The molecule has 1 aliphatic rings. The first-order valence-electron chi connectivity index (χ1n) is 5.90. The standard InChI is InChI=1S/C11H14ClN3O4S/c1-14(11(16)17)8-4-5-15(7-8)20(18,19)9-2-3-10(12)13-6-9/h2-3,6,8H,4-5,7H2,1H3,(H,16,17)/t8-/m1/s1. The maximum Gasteiger partial charge on any atom is 0.407 e. The van der Waals surface area contributed by atoms with E-state index in [1.165, 1.54) is 29.7 Å². The number of carbonyl (C=O) groups is 1. The second-order valence-electron chi connectivity index (χ2n) is 4.52. The van der Waals surface area contributed by atoms with Gasteiger partial charge in [-0.2, -0.15) is 4.31 Å². The van der Waals surface area contributed by atoms with E-state index in [-0.39, 0.29) is 29.2 Å². The second-order valence-corrected chi connectivity index (χ2v) is 6.84. The fraction of sp³-hybridized carbons (Fsp3) is 0.455. The quantitative estimate of drug-likeness (QED) is 0.843. The highest BCUT2D eigenvalue weighted by atomic mass is 35.5. The van der Waals surface area contributed by atoms with Gasteiger partial charge in [0.25, 0.3) is 0 Å². The Labute approximate surface area is 121 Å². The van der Waals surface area contributed by atoms with Gasteiger partial charge in [-0.3, -0.25) is 0 Å². The Morgan fingerprint density at radius 1 is 1.55 bits per heavy atom. The van der Waals surface area contributed by atoms with E-state index in [0.29, 0.717) is 6.42 Å². The first kappa shape index (κ1) is 15.0. The first-order valence-corrected chi connectivity index (χ1v) is 7.71. The minimum Gasteiger partial charge on any atom is -0.465 e. The number of hydrogen-bond donors (Lipinski definition) is 1. The molecule has 0 aromatic carbocycles. The smallest absolute Gasteiger partial charge is 0.407 e. The largest absolute Gasteiger partial charge is 0.465 e. The molecule has 1 saturated heterocycles. The first-order chi connectivity index (χ1) is 9.32. The second kappa shape index (κ2) is 5.55. The Bertz CT molecular complexity index is 605. The molecular formula is C11H14ClN3O4S. The van der Waals surface area contributed by atoms with Crippen molar-refractivity contribution in [2.45, 2.75) is 17.4 Å². The fourth-order valence-corrected chi connectivity index (χ4v) is 3.62. The minimum atomic E-state index is -3.66. The highest BCUT2D eigenvalue weighted by Gasteiger charge is 2.35. The highest BCUT2D eigenvalue weighted by molar-refractivity contribution is 7.89. The van der Waals surface area contributed by atoms with Crippen LogP contribution in [0.15, 0.2) is 23.2 Å². The zero-order chi connectivity index (χ0) is 14.9. The lowest BCUT2D eigenvalue weighted by Crippen LogP contribution is -2.39. The van der Waals surface area contributed by atoms with E-state index in [2.05, 4.69) is 4.98 Å². The summed E-state index contributed by atoms with van der Waals surface area (Å²) >= 11 is 5.63. The third-order valence-corrected chi connectivity index (χ3v) is 5.39. The highest BCUT2D eigenvalue weighted by Crippen LogP contribution is 2.23. The van der Waals surface area contributed by atoms with Crippen LogP contribution in [-0.2, 0) is 10.0 Å². The van der Waals surface area contributed by atoms with Gasteiger partial charge < -0.3 is 10.0 Å². The van der Waals surface area contributed by atoms with Crippen LogP contribution >= 0.6 is 11.6 Å². The maximum absolute atomic E-state index is 12.4. The summed E-state index contributed by atoms with van der Waals surface area (Å²) in [6, 6.07) is 2.46. The van der Waals surface area contributed by atoms with Crippen molar-refractivity contribution in [1.82, 2.24) is 14.2 Å². The summed E-state index contributed by atoms with van der Waals surface area (Å²) in [6.45, 7) is 0.432. The number of likely N-dealkylation sites (N-methyl/N-ethyl adjacent to an activating group) is 1. The van der Waals surface area contributed by atoms with Crippen LogP contribution in [0.25, 0.3) is 0 Å². The monoisotopic (exact) mass is 319 g/mol. The van der Waals surface area contributed by atoms with Gasteiger partial charge in [-0.05, 0) is 18.6 Å². The van der Waals surface area contributed by atoms with Gasteiger partial charge >= 0.3 is 6.09 Å². The van der Waals surface area contributed by atoms with E-state index >= 15 is 0 Å². The Balaban J connectivity index is 2.16. The topological polar surface area (TPSA) is 90.8 Å². The summed E-state index contributed by atoms with van der Waals surface area (Å²) in [7, 11) is -2.22. The molecule has 1 fully saturated rings. The van der Waals surface area contributed by atoms with Gasteiger partial charge in [-0.15, -0.1) is 0 Å². The molecule has 2 rings (SSSR count). The molecule has 1 aliphatic heterocycles. The van der Waals surface area contributed by atoms with Gasteiger partial charge in [0.05, 0.1) is 0 Å². The minimum absolute atomic E-state index is 0.0560. The summed E-state index contributed by atoms with van der Waals surface area (Å²) in [5, 5.41) is 9.13. The number of sulfonamides is 1. The average molecular weight is 320 g/mol. The van der Waals surface area contributed by atoms with E-state index in [1.54, 1.807) is 0 Å². The lowest BCUT2D eigenvalue weighted by molar-refractivity contribution is 0.140. The van der Waals surface area contributed by atoms with Crippen LogP contribution in [0, 0.1) is 0 Å². The summed E-state index contributed by atoms with van der Waals surface area (Å²) in [4.78, 5) is 15.8. The number of carboxylic acid groups (broad SMARTS) is 1. The fourth-order valence-electron chi connectivity index (χ4n) is 2.07. The van der Waals surface area contributed by atoms with Crippen LogP contribution in [0.5, 0.6) is 0 Å². The van der Waals surface area contributed by atoms with Crippen LogP contribution in [0.4, 0.5) is 4.79 Å². The third-order valence-electron chi connectivity index (χ3n) is 3.31. The number of pyridine rings is 1. The van der Waals surface area contributed by atoms with Crippen LogP contribution < -0.4 is 0 Å². The molecule has 0 aliphatic carbocycles. The van der Waals surface area contributed by atoms with Crippen molar-refractivity contribution in [3.63, 3.8) is 0 Å². The Hall–Kier alpha value is -1.38. The number of amides is 1. The van der Waals surface area contributed by atoms with Gasteiger partial charge in [-0.25, -0.2) is 18.2 Å². The molecule has 7 nitrogen and oxygen atoms in total. The average Bonchev–Trinajstić information content (AvgIpc) is 2.88. The predicted molar refractivity (Wildman–Crippen MR) is 72.2 cm³/mol. The third kappa shape index (κ3) is 2.87. The summed E-state index contributed by atoms with van der Waals surface area (Å²) in [6.07, 6.45) is 0.608. The van der Waals surface area contributed by atoms with Crippen LogP contribution in [0.1, 0.15) is 6.42 Å². The SMILES string of the molecule is CN(C(=O)O)[C@@H]1CCN(S(=O)(=O)c2ccc(Cl)nc2)C1. The van der Waals surface area contributed by atoms with Crippen molar-refractivity contribution in [3.8, 4) is 0 Å². The van der Waals surface area contributed by atoms with Gasteiger partial charge in [0.15, 0.2) is 0 Å². The van der Waals surface area contributed by atoms with E-state index in [4.69, 9.17) is 16.7 Å². The molecule has 9 heteroatoms. The predicted octanol–water partition coefficient (Wildman–Crippen LogP) is 1.11. The molecular weight excluding hydrogens is 306 g/mol. The Morgan fingerprint density at radius 3 is 2.80 bits per heavy atom. The van der Waals surface area contributed by atoms with E-state index in [0.717, 1.165) is 4.90 Å². The number of halogens is 1. The molecule has 1 N–H and O–H groups in total. The Kier molecular flexibility index (Phi) is 4.17. The maximum atomic E-state index is 12.4. The molecule has 20 heavy (non-hydrogen) atoms. The van der Waals surface area contributed by atoms with Crippen molar-refractivity contribution >= 4 is 27.7 Å². The molecule has 0 spiro atoms. The molecule has 110 valence electrons. The number of hydrogen-bond acceptors (Lipinski definition) is 4. The van der Waals surface area contributed by atoms with E-state index in [9.17, 15) is 13.2 Å². The van der Waals surface area contributed by atoms with E-state index in [1.807, 2.05) is 0 Å². The lowest BCUT2D eigenvalue weighted by atomic mass is 10.2. The zero-order valence-electron chi connectivity index (χ0n) is 10.7. The zero-order valence-corrected chi connectivity index (χ0v) is 12.3. The van der Waals surface area contributed by atoms with Crippen molar-refractivity contribution in [1.29, 1.82) is 0 Å². The molecule has 1 atom stereocenters. The van der Waals surface area contributed by atoms with Gasteiger partial charge in [-0.1, -0.05) is 11.6 Å². The Morgan fingerprint density at radius 2 is 2.25 bits per heavy atom. The van der Waals surface area contributed by atoms with Crippen LogP contribution in [-0.4, -0.2) is 60.0 Å². The molecule has 1 aromatic rings. The molecule has 0 unspecified atom stereocenters. The lowest BCUT2D eigenvalue weighted by Gasteiger charge is -2.21.